The van der Waals surface area contributed by atoms with Crippen LogP contribution in [0.15, 0.2) is 18.2 Å². The van der Waals surface area contributed by atoms with Crippen molar-refractivity contribution in [2.24, 2.45) is 0 Å². The predicted octanol–water partition coefficient (Wildman–Crippen LogP) is 1.89. The SMILES string of the molecule is CNCc1ccc(N2CCCOC(C)C2)c(C#N)c1. The highest BCUT2D eigenvalue weighted by Gasteiger charge is 2.18. The van der Waals surface area contributed by atoms with E-state index in [2.05, 4.69) is 35.3 Å². The van der Waals surface area contributed by atoms with Crippen LogP contribution >= 0.6 is 0 Å². The molecule has 0 radical (unpaired) electrons. The number of hydrogen-bond donors (Lipinski definition) is 1. The first-order valence-electron chi connectivity index (χ1n) is 6.78. The fourth-order valence-electron chi connectivity index (χ4n) is 2.48. The first-order chi connectivity index (χ1) is 9.24. The van der Waals surface area contributed by atoms with Gasteiger partial charge in [-0.15, -0.1) is 0 Å². The van der Waals surface area contributed by atoms with Crippen LogP contribution in [0.3, 0.4) is 0 Å². The minimum atomic E-state index is 0.214. The van der Waals surface area contributed by atoms with Gasteiger partial charge in [0.15, 0.2) is 0 Å². The van der Waals surface area contributed by atoms with Gasteiger partial charge in [-0.25, -0.2) is 0 Å². The number of nitriles is 1. The maximum Gasteiger partial charge on any atom is 0.101 e. The van der Waals surface area contributed by atoms with Crippen molar-refractivity contribution in [1.29, 1.82) is 5.26 Å². The summed E-state index contributed by atoms with van der Waals surface area (Å²) in [6, 6.07) is 8.44. The molecule has 0 bridgehead atoms. The van der Waals surface area contributed by atoms with Crippen LogP contribution in [0, 0.1) is 11.3 Å². The summed E-state index contributed by atoms with van der Waals surface area (Å²) < 4.78 is 5.66. The number of hydrogen-bond acceptors (Lipinski definition) is 4. The fraction of sp³-hybridized carbons (Fsp3) is 0.533. The minimum absolute atomic E-state index is 0.214. The molecule has 102 valence electrons. The molecule has 1 aliphatic rings. The van der Waals surface area contributed by atoms with Gasteiger partial charge in [-0.05, 0) is 38.1 Å². The highest BCUT2D eigenvalue weighted by Crippen LogP contribution is 2.23. The van der Waals surface area contributed by atoms with Crippen LogP contribution in [-0.4, -0.2) is 32.8 Å². The lowest BCUT2D eigenvalue weighted by Crippen LogP contribution is -2.30. The molecule has 4 nitrogen and oxygen atoms in total. The molecule has 1 atom stereocenters. The van der Waals surface area contributed by atoms with Crippen molar-refractivity contribution in [3.63, 3.8) is 0 Å². The number of anilines is 1. The Morgan fingerprint density at radius 2 is 2.37 bits per heavy atom. The van der Waals surface area contributed by atoms with Crippen LogP contribution in [0.25, 0.3) is 0 Å². The van der Waals surface area contributed by atoms with Gasteiger partial charge in [-0.3, -0.25) is 0 Å². The lowest BCUT2D eigenvalue weighted by Gasteiger charge is -2.25. The van der Waals surface area contributed by atoms with E-state index >= 15 is 0 Å². The van der Waals surface area contributed by atoms with E-state index in [0.717, 1.165) is 49.5 Å². The monoisotopic (exact) mass is 259 g/mol. The molecule has 2 rings (SSSR count). The quantitative estimate of drug-likeness (QED) is 0.900. The van der Waals surface area contributed by atoms with Crippen LogP contribution < -0.4 is 10.2 Å². The average Bonchev–Trinajstić information content (AvgIpc) is 2.63. The van der Waals surface area contributed by atoms with Crippen LogP contribution in [0.4, 0.5) is 5.69 Å². The maximum atomic E-state index is 9.35. The van der Waals surface area contributed by atoms with Crippen molar-refractivity contribution in [3.05, 3.63) is 29.3 Å². The second-order valence-electron chi connectivity index (χ2n) is 4.97. The number of nitrogens with one attached hydrogen (secondary N) is 1. The molecule has 0 spiro atoms. The Morgan fingerprint density at radius 3 is 3.11 bits per heavy atom. The summed E-state index contributed by atoms with van der Waals surface area (Å²) in [6.45, 7) is 5.47. The van der Waals surface area contributed by atoms with Gasteiger partial charge in [-0.2, -0.15) is 5.26 Å². The third-order valence-corrected chi connectivity index (χ3v) is 3.36. The van der Waals surface area contributed by atoms with E-state index < -0.39 is 0 Å². The molecule has 0 aromatic heterocycles. The van der Waals surface area contributed by atoms with E-state index in [4.69, 9.17) is 4.74 Å². The van der Waals surface area contributed by atoms with Gasteiger partial charge in [0.05, 0.1) is 17.4 Å². The van der Waals surface area contributed by atoms with Crippen LogP contribution in [-0.2, 0) is 11.3 Å². The Kier molecular flexibility index (Phi) is 4.78. The molecule has 0 amide bonds. The minimum Gasteiger partial charge on any atom is -0.377 e. The van der Waals surface area contributed by atoms with Crippen molar-refractivity contribution < 1.29 is 4.74 Å². The fourth-order valence-corrected chi connectivity index (χ4v) is 2.48. The van der Waals surface area contributed by atoms with Crippen molar-refractivity contribution >= 4 is 5.69 Å². The van der Waals surface area contributed by atoms with Gasteiger partial charge in [-0.1, -0.05) is 6.07 Å². The lowest BCUT2D eigenvalue weighted by atomic mass is 10.1. The molecular formula is C15H21N3O. The van der Waals surface area contributed by atoms with Gasteiger partial charge >= 0.3 is 0 Å². The zero-order valence-corrected chi connectivity index (χ0v) is 11.6. The molecule has 1 unspecified atom stereocenters. The van der Waals surface area contributed by atoms with Gasteiger partial charge in [0.2, 0.25) is 0 Å². The van der Waals surface area contributed by atoms with Gasteiger partial charge < -0.3 is 15.0 Å². The molecule has 1 heterocycles. The normalized spacial score (nSPS) is 19.8. The molecule has 1 saturated heterocycles. The Bertz CT molecular complexity index is 467. The van der Waals surface area contributed by atoms with E-state index in [0.29, 0.717) is 0 Å². The molecule has 0 saturated carbocycles. The highest BCUT2D eigenvalue weighted by molar-refractivity contribution is 5.60. The maximum absolute atomic E-state index is 9.35. The standard InChI is InChI=1S/C15H21N3O/c1-12-11-18(6-3-7-19-12)15-5-4-13(10-17-2)8-14(15)9-16/h4-5,8,12,17H,3,6-7,10-11H2,1-2H3. The summed E-state index contributed by atoms with van der Waals surface area (Å²) in [5.74, 6) is 0. The molecule has 19 heavy (non-hydrogen) atoms. The molecule has 1 aromatic rings. The Hall–Kier alpha value is -1.57. The lowest BCUT2D eigenvalue weighted by molar-refractivity contribution is 0.0821. The summed E-state index contributed by atoms with van der Waals surface area (Å²) in [7, 11) is 1.91. The molecule has 0 aliphatic carbocycles. The van der Waals surface area contributed by atoms with Crippen LogP contribution in [0.5, 0.6) is 0 Å². The van der Waals surface area contributed by atoms with E-state index in [1.165, 1.54) is 0 Å². The number of nitrogens with zero attached hydrogens (tertiary/aromatic N) is 2. The zero-order chi connectivity index (χ0) is 13.7. The van der Waals surface area contributed by atoms with Crippen LogP contribution in [0.1, 0.15) is 24.5 Å². The van der Waals surface area contributed by atoms with Crippen molar-refractivity contribution in [2.75, 3.05) is 31.6 Å². The molecule has 1 aromatic carbocycles. The molecule has 4 heteroatoms. The van der Waals surface area contributed by atoms with Crippen molar-refractivity contribution in [3.8, 4) is 6.07 Å². The summed E-state index contributed by atoms with van der Waals surface area (Å²) >= 11 is 0. The number of rotatable bonds is 3. The predicted molar refractivity (Wildman–Crippen MR) is 76.2 cm³/mol. The zero-order valence-electron chi connectivity index (χ0n) is 11.6. The summed E-state index contributed by atoms with van der Waals surface area (Å²) in [6.07, 6.45) is 1.22. The first-order valence-corrected chi connectivity index (χ1v) is 6.78. The van der Waals surface area contributed by atoms with Crippen LogP contribution in [0.2, 0.25) is 0 Å². The molecule has 1 aliphatic heterocycles. The summed E-state index contributed by atoms with van der Waals surface area (Å²) in [5, 5.41) is 12.5. The first kappa shape index (κ1) is 13.9. The smallest absolute Gasteiger partial charge is 0.101 e. The van der Waals surface area contributed by atoms with Crippen molar-refractivity contribution in [1.82, 2.24) is 5.32 Å². The molecule has 1 N–H and O–H groups in total. The summed E-state index contributed by atoms with van der Waals surface area (Å²) in [5.41, 5.74) is 2.92. The Labute approximate surface area is 115 Å². The molecular weight excluding hydrogens is 238 g/mol. The van der Waals surface area contributed by atoms with Gasteiger partial charge in [0.25, 0.3) is 0 Å². The van der Waals surface area contributed by atoms with E-state index in [9.17, 15) is 5.26 Å². The third kappa shape index (κ3) is 3.46. The third-order valence-electron chi connectivity index (χ3n) is 3.36. The second kappa shape index (κ2) is 6.55. The molecule has 1 fully saturated rings. The Morgan fingerprint density at radius 1 is 1.53 bits per heavy atom. The number of benzene rings is 1. The topological polar surface area (TPSA) is 48.3 Å². The van der Waals surface area contributed by atoms with Gasteiger partial charge in [0, 0.05) is 26.2 Å². The van der Waals surface area contributed by atoms with Crippen molar-refractivity contribution in [2.45, 2.75) is 26.0 Å². The average molecular weight is 259 g/mol. The second-order valence-corrected chi connectivity index (χ2v) is 4.97. The number of ether oxygens (including phenoxy) is 1. The van der Waals surface area contributed by atoms with Gasteiger partial charge in [0.1, 0.15) is 6.07 Å². The largest absolute Gasteiger partial charge is 0.377 e. The highest BCUT2D eigenvalue weighted by atomic mass is 16.5. The Balaban J connectivity index is 2.25. The van der Waals surface area contributed by atoms with E-state index in [1.54, 1.807) is 0 Å². The van der Waals surface area contributed by atoms with E-state index in [-0.39, 0.29) is 6.10 Å². The van der Waals surface area contributed by atoms with E-state index in [1.807, 2.05) is 13.1 Å². The summed E-state index contributed by atoms with van der Waals surface area (Å²) in [4.78, 5) is 2.26.